The lowest BCUT2D eigenvalue weighted by atomic mass is 10.1. The molecule has 1 aromatic carbocycles. The van der Waals surface area contributed by atoms with Gasteiger partial charge in [-0.3, -0.25) is 0 Å². The number of benzene rings is 1. The second-order valence-electron chi connectivity index (χ2n) is 4.31. The van der Waals surface area contributed by atoms with Crippen LogP contribution in [0.3, 0.4) is 0 Å². The molecular weight excluding hydrogens is 254 g/mol. The maximum Gasteiger partial charge on any atom is 0.162 e. The van der Waals surface area contributed by atoms with Crippen molar-refractivity contribution in [2.45, 2.75) is 12.5 Å². The van der Waals surface area contributed by atoms with E-state index >= 15 is 0 Å². The Morgan fingerprint density at radius 3 is 2.65 bits per heavy atom. The first-order valence-corrected chi connectivity index (χ1v) is 6.41. The van der Waals surface area contributed by atoms with Crippen LogP contribution in [0.2, 0.25) is 0 Å². The molecule has 1 heterocycles. The van der Waals surface area contributed by atoms with E-state index in [1.54, 1.807) is 20.5 Å². The van der Waals surface area contributed by atoms with Gasteiger partial charge in [0, 0.05) is 11.8 Å². The summed E-state index contributed by atoms with van der Waals surface area (Å²) in [5.41, 5.74) is 0.936. The first-order valence-electron chi connectivity index (χ1n) is 6.41. The average Bonchev–Trinajstić information content (AvgIpc) is 3.00. The SMILES string of the molecule is C=CC[C@@H](Nc1ccc(OC)c(OC)c1)c1ccco1. The Balaban J connectivity index is 2.20. The molecule has 0 spiro atoms. The van der Waals surface area contributed by atoms with E-state index in [-0.39, 0.29) is 6.04 Å². The molecule has 0 saturated heterocycles. The van der Waals surface area contributed by atoms with Crippen LogP contribution in [-0.4, -0.2) is 14.2 Å². The Bertz CT molecular complexity index is 549. The van der Waals surface area contributed by atoms with Gasteiger partial charge in [-0.1, -0.05) is 6.08 Å². The van der Waals surface area contributed by atoms with Gasteiger partial charge in [-0.05, 0) is 30.7 Å². The summed E-state index contributed by atoms with van der Waals surface area (Å²) in [6.45, 7) is 3.79. The summed E-state index contributed by atoms with van der Waals surface area (Å²) in [6, 6.07) is 9.58. The van der Waals surface area contributed by atoms with Gasteiger partial charge in [-0.15, -0.1) is 6.58 Å². The molecule has 0 bridgehead atoms. The van der Waals surface area contributed by atoms with Gasteiger partial charge in [0.15, 0.2) is 11.5 Å². The van der Waals surface area contributed by atoms with Crippen LogP contribution in [0.5, 0.6) is 11.5 Å². The number of rotatable bonds is 7. The molecule has 2 rings (SSSR count). The molecular formula is C16H19NO3. The third-order valence-electron chi connectivity index (χ3n) is 3.01. The molecule has 20 heavy (non-hydrogen) atoms. The third-order valence-corrected chi connectivity index (χ3v) is 3.01. The van der Waals surface area contributed by atoms with Crippen molar-refractivity contribution in [1.82, 2.24) is 0 Å². The number of nitrogens with one attached hydrogen (secondary N) is 1. The number of hydrogen-bond acceptors (Lipinski definition) is 4. The first kappa shape index (κ1) is 14.1. The van der Waals surface area contributed by atoms with E-state index < -0.39 is 0 Å². The van der Waals surface area contributed by atoms with Gasteiger partial charge in [0.25, 0.3) is 0 Å². The maximum absolute atomic E-state index is 5.46. The zero-order chi connectivity index (χ0) is 14.4. The molecule has 0 fully saturated rings. The lowest BCUT2D eigenvalue weighted by Crippen LogP contribution is -2.09. The Labute approximate surface area is 119 Å². The standard InChI is InChI=1S/C16H19NO3/c1-4-6-13(14-7-5-10-20-14)17-12-8-9-15(18-2)16(11-12)19-3/h4-5,7-11,13,17H,1,6H2,2-3H3/t13-/m1/s1. The number of anilines is 1. The monoisotopic (exact) mass is 273 g/mol. The Morgan fingerprint density at radius 2 is 2.05 bits per heavy atom. The van der Waals surface area contributed by atoms with Crippen molar-refractivity contribution in [1.29, 1.82) is 0 Å². The molecule has 0 aliphatic rings. The molecule has 1 N–H and O–H groups in total. The van der Waals surface area contributed by atoms with Crippen molar-refractivity contribution in [3.8, 4) is 11.5 Å². The molecule has 0 saturated carbocycles. The van der Waals surface area contributed by atoms with Crippen LogP contribution in [0.1, 0.15) is 18.2 Å². The van der Waals surface area contributed by atoms with E-state index in [4.69, 9.17) is 13.9 Å². The molecule has 0 aliphatic carbocycles. The number of methoxy groups -OCH3 is 2. The second kappa shape index (κ2) is 6.70. The summed E-state index contributed by atoms with van der Waals surface area (Å²) >= 11 is 0. The lowest BCUT2D eigenvalue weighted by Gasteiger charge is -2.17. The minimum atomic E-state index is 0.0422. The molecule has 106 valence electrons. The highest BCUT2D eigenvalue weighted by molar-refractivity contribution is 5.55. The number of hydrogen-bond donors (Lipinski definition) is 1. The Morgan fingerprint density at radius 1 is 1.25 bits per heavy atom. The molecule has 0 unspecified atom stereocenters. The van der Waals surface area contributed by atoms with Crippen LogP contribution >= 0.6 is 0 Å². The molecule has 4 heteroatoms. The van der Waals surface area contributed by atoms with E-state index in [1.807, 2.05) is 36.4 Å². The summed E-state index contributed by atoms with van der Waals surface area (Å²) in [7, 11) is 3.24. The van der Waals surface area contributed by atoms with Crippen LogP contribution < -0.4 is 14.8 Å². The fourth-order valence-corrected chi connectivity index (χ4v) is 2.03. The van der Waals surface area contributed by atoms with E-state index in [2.05, 4.69) is 11.9 Å². The highest BCUT2D eigenvalue weighted by Crippen LogP contribution is 2.32. The summed E-state index contributed by atoms with van der Waals surface area (Å²) in [4.78, 5) is 0. The smallest absolute Gasteiger partial charge is 0.162 e. The molecule has 1 atom stereocenters. The fraction of sp³-hybridized carbons (Fsp3) is 0.250. The summed E-state index contributed by atoms with van der Waals surface area (Å²) in [5.74, 6) is 2.27. The lowest BCUT2D eigenvalue weighted by molar-refractivity contribution is 0.355. The van der Waals surface area contributed by atoms with Crippen LogP contribution in [-0.2, 0) is 0 Å². The van der Waals surface area contributed by atoms with Gasteiger partial charge in [0.05, 0.1) is 26.5 Å². The molecule has 0 amide bonds. The highest BCUT2D eigenvalue weighted by atomic mass is 16.5. The van der Waals surface area contributed by atoms with Crippen molar-refractivity contribution in [3.05, 3.63) is 55.0 Å². The van der Waals surface area contributed by atoms with Crippen molar-refractivity contribution in [2.24, 2.45) is 0 Å². The number of furan rings is 1. The van der Waals surface area contributed by atoms with Crippen molar-refractivity contribution < 1.29 is 13.9 Å². The molecule has 0 radical (unpaired) electrons. The van der Waals surface area contributed by atoms with E-state index in [9.17, 15) is 0 Å². The van der Waals surface area contributed by atoms with Gasteiger partial charge >= 0.3 is 0 Å². The van der Waals surface area contributed by atoms with Gasteiger partial charge in [0.1, 0.15) is 5.76 Å². The summed E-state index contributed by atoms with van der Waals surface area (Å²) < 4.78 is 16.0. The van der Waals surface area contributed by atoms with E-state index in [1.165, 1.54) is 0 Å². The Hall–Kier alpha value is -2.36. The fourth-order valence-electron chi connectivity index (χ4n) is 2.03. The van der Waals surface area contributed by atoms with Crippen LogP contribution in [0, 0.1) is 0 Å². The normalized spacial score (nSPS) is 11.7. The predicted octanol–water partition coefficient (Wildman–Crippen LogP) is 4.03. The zero-order valence-electron chi connectivity index (χ0n) is 11.8. The minimum absolute atomic E-state index is 0.0422. The third kappa shape index (κ3) is 3.15. The van der Waals surface area contributed by atoms with E-state index in [0.717, 1.165) is 17.9 Å². The molecule has 2 aromatic rings. The first-order chi connectivity index (χ1) is 9.78. The van der Waals surface area contributed by atoms with Crippen molar-refractivity contribution in [3.63, 3.8) is 0 Å². The minimum Gasteiger partial charge on any atom is -0.493 e. The summed E-state index contributed by atoms with van der Waals surface area (Å²) in [5, 5.41) is 3.41. The van der Waals surface area contributed by atoms with Crippen LogP contribution in [0.15, 0.2) is 53.7 Å². The van der Waals surface area contributed by atoms with Crippen LogP contribution in [0.25, 0.3) is 0 Å². The molecule has 1 aromatic heterocycles. The quantitative estimate of drug-likeness (QED) is 0.774. The van der Waals surface area contributed by atoms with Gasteiger partial charge < -0.3 is 19.2 Å². The number of ether oxygens (including phenoxy) is 2. The zero-order valence-corrected chi connectivity index (χ0v) is 11.8. The summed E-state index contributed by atoms with van der Waals surface area (Å²) in [6.07, 6.45) is 4.30. The van der Waals surface area contributed by atoms with E-state index in [0.29, 0.717) is 11.5 Å². The van der Waals surface area contributed by atoms with Gasteiger partial charge in [-0.25, -0.2) is 0 Å². The maximum atomic E-state index is 5.46. The van der Waals surface area contributed by atoms with Crippen LogP contribution in [0.4, 0.5) is 5.69 Å². The predicted molar refractivity (Wildman–Crippen MR) is 79.4 cm³/mol. The van der Waals surface area contributed by atoms with Crippen molar-refractivity contribution >= 4 is 5.69 Å². The van der Waals surface area contributed by atoms with Gasteiger partial charge in [-0.2, -0.15) is 0 Å². The topological polar surface area (TPSA) is 43.6 Å². The molecule has 4 nitrogen and oxygen atoms in total. The highest BCUT2D eigenvalue weighted by Gasteiger charge is 2.13. The average molecular weight is 273 g/mol. The van der Waals surface area contributed by atoms with Gasteiger partial charge in [0.2, 0.25) is 0 Å². The second-order valence-corrected chi connectivity index (χ2v) is 4.31. The van der Waals surface area contributed by atoms with Crippen molar-refractivity contribution in [2.75, 3.05) is 19.5 Å². The molecule has 0 aliphatic heterocycles. The largest absolute Gasteiger partial charge is 0.493 e. The Kier molecular flexibility index (Phi) is 4.71.